The molecule has 0 aromatic carbocycles. The summed E-state index contributed by atoms with van der Waals surface area (Å²) in [5.74, 6) is 0.542. The van der Waals surface area contributed by atoms with Crippen LogP contribution < -0.4 is 0 Å². The van der Waals surface area contributed by atoms with Crippen molar-refractivity contribution in [1.82, 2.24) is 0 Å². The molecule has 0 nitrogen and oxygen atoms in total. The molecule has 0 saturated heterocycles. The van der Waals surface area contributed by atoms with Crippen molar-refractivity contribution >= 4 is 0 Å². The van der Waals surface area contributed by atoms with Crippen LogP contribution in [0.4, 0.5) is 0 Å². The Kier molecular flexibility index (Phi) is 43.5. The monoisotopic (exact) mass is 256 g/mol. The van der Waals surface area contributed by atoms with Crippen LogP contribution >= 0.6 is 0 Å². The van der Waals surface area contributed by atoms with Crippen molar-refractivity contribution in [3.63, 3.8) is 0 Å². The topological polar surface area (TPSA) is 0 Å². The Morgan fingerprint density at radius 1 is 1.06 bits per heavy atom. The van der Waals surface area contributed by atoms with Gasteiger partial charge in [-0.15, -0.1) is 0 Å². The van der Waals surface area contributed by atoms with Crippen LogP contribution in [0.5, 0.6) is 0 Å². The average Bonchev–Trinajstić information content (AvgIpc) is 2.34. The van der Waals surface area contributed by atoms with Crippen LogP contribution in [0.25, 0.3) is 0 Å². The molecule has 0 aliphatic heterocycles. The van der Waals surface area contributed by atoms with Gasteiger partial charge in [-0.3, -0.25) is 0 Å². The van der Waals surface area contributed by atoms with Crippen LogP contribution in [-0.4, -0.2) is 0 Å². The highest BCUT2D eigenvalue weighted by atomic mass is 14.0. The summed E-state index contributed by atoms with van der Waals surface area (Å²) in [5, 5.41) is 0. The minimum absolute atomic E-state index is 0.542. The van der Waals surface area contributed by atoms with Gasteiger partial charge in [-0.05, 0) is 19.8 Å². The zero-order valence-corrected chi connectivity index (χ0v) is 14.8. The first-order valence-corrected chi connectivity index (χ1v) is 7.79. The lowest BCUT2D eigenvalue weighted by atomic mass is 10.0. The third-order valence-corrected chi connectivity index (χ3v) is 1.97. The summed E-state index contributed by atoms with van der Waals surface area (Å²) in [6.45, 7) is 22.7. The first kappa shape index (κ1) is 26.1. The van der Waals surface area contributed by atoms with E-state index in [9.17, 15) is 0 Å². The van der Waals surface area contributed by atoms with Crippen LogP contribution in [0.1, 0.15) is 88.0 Å². The summed E-state index contributed by atoms with van der Waals surface area (Å²) in [6.07, 6.45) is 9.52. The quantitative estimate of drug-likeness (QED) is 0.459. The predicted molar refractivity (Wildman–Crippen MR) is 91.3 cm³/mol. The average molecular weight is 257 g/mol. The van der Waals surface area contributed by atoms with Gasteiger partial charge in [0.2, 0.25) is 0 Å². The van der Waals surface area contributed by atoms with Gasteiger partial charge >= 0.3 is 0 Å². The molecule has 0 spiro atoms. The molecule has 0 aliphatic rings. The van der Waals surface area contributed by atoms with Crippen molar-refractivity contribution in [2.75, 3.05) is 0 Å². The summed E-state index contributed by atoms with van der Waals surface area (Å²) < 4.78 is 0. The Balaban J connectivity index is -0.0000000842. The van der Waals surface area contributed by atoms with Gasteiger partial charge in [-0.2, -0.15) is 0 Å². The van der Waals surface area contributed by atoms with E-state index in [4.69, 9.17) is 0 Å². The van der Waals surface area contributed by atoms with Crippen LogP contribution in [0.2, 0.25) is 0 Å². The smallest absolute Gasteiger partial charge is 0.00572 e. The van der Waals surface area contributed by atoms with Crippen molar-refractivity contribution in [2.24, 2.45) is 5.92 Å². The molecule has 0 heteroatoms. The van der Waals surface area contributed by atoms with Crippen LogP contribution in [0, 0.1) is 5.92 Å². The van der Waals surface area contributed by atoms with Crippen molar-refractivity contribution in [3.8, 4) is 0 Å². The van der Waals surface area contributed by atoms with E-state index in [2.05, 4.69) is 53.3 Å². The van der Waals surface area contributed by atoms with E-state index in [1.54, 1.807) is 0 Å². The molecule has 0 saturated carbocycles. The number of hydrogen-bond acceptors (Lipinski definition) is 0. The second-order valence-electron chi connectivity index (χ2n) is 4.22. The van der Waals surface area contributed by atoms with Gasteiger partial charge in [-0.25, -0.2) is 0 Å². The number of allylic oxidation sites excluding steroid dienone is 3. The van der Waals surface area contributed by atoms with Crippen molar-refractivity contribution in [2.45, 2.75) is 88.0 Å². The molecule has 0 N–H and O–H groups in total. The second-order valence-corrected chi connectivity index (χ2v) is 4.22. The molecule has 1 unspecified atom stereocenters. The zero-order valence-electron chi connectivity index (χ0n) is 14.8. The van der Waals surface area contributed by atoms with E-state index < -0.39 is 0 Å². The highest BCUT2D eigenvalue weighted by Crippen LogP contribution is 2.06. The molecule has 0 heterocycles. The standard InChI is InChI=1S/C8H14.C5H12.C3H8.C2H6/c1-5-6-8(4)7(2)3;1-3-5-4-2;1-3-2;1-2/h5-6,8H,2H2,1,3-4H3;3-5H2,1-2H3;3H2,1-2H3;1-2H3/b6-5-;;;. The summed E-state index contributed by atoms with van der Waals surface area (Å²) in [4.78, 5) is 0. The SMILES string of the molecule is C=C(C)C(C)/C=C\C.CC.CCC.CCCCC. The lowest BCUT2D eigenvalue weighted by Crippen LogP contribution is -1.87. The number of rotatable bonds is 4. The molecule has 112 valence electrons. The minimum Gasteiger partial charge on any atom is -0.0996 e. The first-order valence-electron chi connectivity index (χ1n) is 7.79. The molecule has 0 radical (unpaired) electrons. The molecule has 0 amide bonds. The van der Waals surface area contributed by atoms with Gasteiger partial charge in [0.15, 0.2) is 0 Å². The van der Waals surface area contributed by atoms with Crippen molar-refractivity contribution in [1.29, 1.82) is 0 Å². The van der Waals surface area contributed by atoms with E-state index in [0.717, 1.165) is 0 Å². The Morgan fingerprint density at radius 2 is 1.39 bits per heavy atom. The number of unbranched alkanes of at least 4 members (excludes halogenated alkanes) is 2. The highest BCUT2D eigenvalue weighted by molar-refractivity contribution is 5.03. The Bertz CT molecular complexity index is 140. The largest absolute Gasteiger partial charge is 0.0996 e. The lowest BCUT2D eigenvalue weighted by molar-refractivity contribution is 0.772. The molecule has 1 atom stereocenters. The second kappa shape index (κ2) is 30.0. The van der Waals surface area contributed by atoms with Gasteiger partial charge in [0.05, 0.1) is 0 Å². The van der Waals surface area contributed by atoms with E-state index in [1.807, 2.05) is 27.7 Å². The van der Waals surface area contributed by atoms with Gasteiger partial charge in [0.25, 0.3) is 0 Å². The van der Waals surface area contributed by atoms with Crippen molar-refractivity contribution < 1.29 is 0 Å². The van der Waals surface area contributed by atoms with E-state index in [-0.39, 0.29) is 0 Å². The molecule has 0 aliphatic carbocycles. The molecule has 18 heavy (non-hydrogen) atoms. The third-order valence-electron chi connectivity index (χ3n) is 1.97. The minimum atomic E-state index is 0.542. The van der Waals surface area contributed by atoms with E-state index in [0.29, 0.717) is 5.92 Å². The lowest BCUT2D eigenvalue weighted by Gasteiger charge is -2.01. The molecular formula is C18H40. The molecular weight excluding hydrogens is 216 g/mol. The predicted octanol–water partition coefficient (Wildman–Crippen LogP) is 7.41. The van der Waals surface area contributed by atoms with Gasteiger partial charge in [0, 0.05) is 0 Å². The van der Waals surface area contributed by atoms with E-state index >= 15 is 0 Å². The molecule has 0 fully saturated rings. The maximum absolute atomic E-state index is 3.82. The zero-order chi connectivity index (χ0) is 15.4. The molecule has 0 bridgehead atoms. The first-order chi connectivity index (χ1) is 8.51. The van der Waals surface area contributed by atoms with Crippen LogP contribution in [-0.2, 0) is 0 Å². The summed E-state index contributed by atoms with van der Waals surface area (Å²) in [5.41, 5.74) is 1.23. The van der Waals surface area contributed by atoms with Gasteiger partial charge in [0.1, 0.15) is 0 Å². The van der Waals surface area contributed by atoms with Gasteiger partial charge in [-0.1, -0.05) is 98.5 Å². The Hall–Kier alpha value is -0.520. The highest BCUT2D eigenvalue weighted by Gasteiger charge is 1.92. The number of hydrogen-bond donors (Lipinski definition) is 0. The Morgan fingerprint density at radius 3 is 1.44 bits per heavy atom. The third kappa shape index (κ3) is 45.1. The summed E-state index contributed by atoms with van der Waals surface area (Å²) in [6, 6.07) is 0. The molecule has 0 rings (SSSR count). The maximum atomic E-state index is 3.82. The molecule has 0 aromatic rings. The van der Waals surface area contributed by atoms with Gasteiger partial charge < -0.3 is 0 Å². The van der Waals surface area contributed by atoms with E-state index in [1.165, 1.54) is 31.3 Å². The Labute approximate surface area is 119 Å². The fourth-order valence-corrected chi connectivity index (χ4v) is 0.806. The fourth-order valence-electron chi connectivity index (χ4n) is 0.806. The molecule has 0 aromatic heterocycles. The maximum Gasteiger partial charge on any atom is -0.00572 e. The van der Waals surface area contributed by atoms with Crippen molar-refractivity contribution in [3.05, 3.63) is 24.3 Å². The summed E-state index contributed by atoms with van der Waals surface area (Å²) in [7, 11) is 0. The van der Waals surface area contributed by atoms with Crippen LogP contribution in [0.3, 0.4) is 0 Å². The summed E-state index contributed by atoms with van der Waals surface area (Å²) >= 11 is 0. The fraction of sp³-hybridized carbons (Fsp3) is 0.778. The van der Waals surface area contributed by atoms with Crippen LogP contribution in [0.15, 0.2) is 24.3 Å². The normalized spacial score (nSPS) is 10.1.